The van der Waals surface area contributed by atoms with Crippen LogP contribution in [0.4, 0.5) is 0 Å². The topological polar surface area (TPSA) is 47.7 Å². The van der Waals surface area contributed by atoms with Crippen LogP contribution in [0.1, 0.15) is 38.3 Å². The highest BCUT2D eigenvalue weighted by molar-refractivity contribution is 5.42. The van der Waals surface area contributed by atoms with Crippen molar-refractivity contribution >= 4 is 0 Å². The highest BCUT2D eigenvalue weighted by Gasteiger charge is 2.27. The first-order valence-electron chi connectivity index (χ1n) is 7.78. The summed E-state index contributed by atoms with van der Waals surface area (Å²) in [7, 11) is 3.36. The van der Waals surface area contributed by atoms with Crippen molar-refractivity contribution < 1.29 is 9.47 Å². The second-order valence-electron chi connectivity index (χ2n) is 6.07. The van der Waals surface area contributed by atoms with Crippen LogP contribution < -0.4 is 15.2 Å². The van der Waals surface area contributed by atoms with E-state index in [2.05, 4.69) is 18.7 Å². The SMILES string of the molecule is COc1ccc(OC)c(C(N)CN2CCCC(C)C2C)c1. The van der Waals surface area contributed by atoms with Crippen molar-refractivity contribution in [2.45, 2.75) is 38.8 Å². The molecule has 4 nitrogen and oxygen atoms in total. The Labute approximate surface area is 128 Å². The normalized spacial score (nSPS) is 24.6. The number of rotatable bonds is 5. The lowest BCUT2D eigenvalue weighted by Gasteiger charge is -2.39. The van der Waals surface area contributed by atoms with Crippen molar-refractivity contribution in [3.05, 3.63) is 23.8 Å². The quantitative estimate of drug-likeness (QED) is 0.906. The van der Waals surface area contributed by atoms with E-state index in [9.17, 15) is 0 Å². The number of ether oxygens (including phenoxy) is 2. The second kappa shape index (κ2) is 7.14. The summed E-state index contributed by atoms with van der Waals surface area (Å²) in [5.41, 5.74) is 7.47. The first kappa shape index (κ1) is 16.1. The molecule has 3 unspecified atom stereocenters. The number of nitrogens with two attached hydrogens (primary N) is 1. The van der Waals surface area contributed by atoms with Crippen molar-refractivity contribution in [2.24, 2.45) is 11.7 Å². The van der Waals surface area contributed by atoms with Gasteiger partial charge in [0.25, 0.3) is 0 Å². The third-order valence-corrected chi connectivity index (χ3v) is 4.77. The van der Waals surface area contributed by atoms with Gasteiger partial charge in [-0.1, -0.05) is 6.92 Å². The molecular weight excluding hydrogens is 264 g/mol. The maximum absolute atomic E-state index is 6.46. The number of methoxy groups -OCH3 is 2. The molecule has 2 N–H and O–H groups in total. The Morgan fingerprint density at radius 1 is 1.29 bits per heavy atom. The van der Waals surface area contributed by atoms with Crippen LogP contribution in [0, 0.1) is 5.92 Å². The summed E-state index contributed by atoms with van der Waals surface area (Å²) in [6.07, 6.45) is 2.57. The summed E-state index contributed by atoms with van der Waals surface area (Å²) in [4.78, 5) is 2.50. The Bertz CT molecular complexity index is 464. The molecule has 1 aromatic rings. The fourth-order valence-corrected chi connectivity index (χ4v) is 3.16. The molecule has 118 valence electrons. The third kappa shape index (κ3) is 3.69. The van der Waals surface area contributed by atoms with Gasteiger partial charge in [0, 0.05) is 24.2 Å². The molecule has 1 fully saturated rings. The molecule has 1 saturated heterocycles. The van der Waals surface area contributed by atoms with Crippen LogP contribution >= 0.6 is 0 Å². The van der Waals surface area contributed by atoms with Gasteiger partial charge in [0.1, 0.15) is 11.5 Å². The minimum absolute atomic E-state index is 0.0669. The Hall–Kier alpha value is -1.26. The first-order valence-corrected chi connectivity index (χ1v) is 7.78. The Balaban J connectivity index is 2.13. The van der Waals surface area contributed by atoms with Crippen LogP contribution in [0.5, 0.6) is 11.5 Å². The standard InChI is InChI=1S/C17H28N2O2/c1-12-6-5-9-19(13(12)2)11-16(18)15-10-14(20-3)7-8-17(15)21-4/h7-8,10,12-13,16H,5-6,9,11,18H2,1-4H3. The van der Waals surface area contributed by atoms with Crippen LogP contribution in [0.2, 0.25) is 0 Å². The summed E-state index contributed by atoms with van der Waals surface area (Å²) in [6.45, 7) is 6.62. The summed E-state index contributed by atoms with van der Waals surface area (Å²) in [5.74, 6) is 2.39. The van der Waals surface area contributed by atoms with Crippen molar-refractivity contribution in [1.29, 1.82) is 0 Å². The zero-order valence-corrected chi connectivity index (χ0v) is 13.6. The van der Waals surface area contributed by atoms with Gasteiger partial charge in [-0.25, -0.2) is 0 Å². The molecular formula is C17H28N2O2. The summed E-state index contributed by atoms with van der Waals surface area (Å²) in [5, 5.41) is 0. The fourth-order valence-electron chi connectivity index (χ4n) is 3.16. The van der Waals surface area contributed by atoms with Crippen LogP contribution in [0.15, 0.2) is 18.2 Å². The largest absolute Gasteiger partial charge is 0.497 e. The third-order valence-electron chi connectivity index (χ3n) is 4.77. The van der Waals surface area contributed by atoms with Crippen molar-refractivity contribution in [3.8, 4) is 11.5 Å². The lowest BCUT2D eigenvalue weighted by Crippen LogP contribution is -2.45. The van der Waals surface area contributed by atoms with E-state index in [1.165, 1.54) is 12.8 Å². The number of nitrogens with zero attached hydrogens (tertiary/aromatic N) is 1. The van der Waals surface area contributed by atoms with Crippen LogP contribution in [-0.2, 0) is 0 Å². The maximum Gasteiger partial charge on any atom is 0.123 e. The summed E-state index contributed by atoms with van der Waals surface area (Å²) >= 11 is 0. The Morgan fingerprint density at radius 3 is 2.71 bits per heavy atom. The minimum atomic E-state index is -0.0669. The predicted molar refractivity (Wildman–Crippen MR) is 85.9 cm³/mol. The van der Waals surface area contributed by atoms with E-state index in [0.717, 1.165) is 36.1 Å². The van der Waals surface area contributed by atoms with Gasteiger partial charge in [-0.15, -0.1) is 0 Å². The zero-order chi connectivity index (χ0) is 15.4. The molecule has 3 atom stereocenters. The van der Waals surface area contributed by atoms with E-state index in [4.69, 9.17) is 15.2 Å². The molecule has 0 spiro atoms. The molecule has 2 rings (SSSR count). The molecule has 1 aliphatic heterocycles. The Morgan fingerprint density at radius 2 is 2.05 bits per heavy atom. The minimum Gasteiger partial charge on any atom is -0.497 e. The zero-order valence-electron chi connectivity index (χ0n) is 13.6. The second-order valence-corrected chi connectivity index (χ2v) is 6.07. The van der Waals surface area contributed by atoms with E-state index in [-0.39, 0.29) is 6.04 Å². The van der Waals surface area contributed by atoms with Gasteiger partial charge in [0.2, 0.25) is 0 Å². The van der Waals surface area contributed by atoms with Gasteiger partial charge in [0.05, 0.1) is 14.2 Å². The fraction of sp³-hybridized carbons (Fsp3) is 0.647. The lowest BCUT2D eigenvalue weighted by atomic mass is 9.91. The van der Waals surface area contributed by atoms with E-state index >= 15 is 0 Å². The smallest absolute Gasteiger partial charge is 0.123 e. The van der Waals surface area contributed by atoms with Gasteiger partial charge < -0.3 is 15.2 Å². The predicted octanol–water partition coefficient (Wildman–Crippen LogP) is 2.82. The number of likely N-dealkylation sites (tertiary alicyclic amines) is 1. The summed E-state index contributed by atoms with van der Waals surface area (Å²) < 4.78 is 10.8. The van der Waals surface area contributed by atoms with Gasteiger partial charge in [-0.3, -0.25) is 4.90 Å². The molecule has 0 amide bonds. The summed E-state index contributed by atoms with van der Waals surface area (Å²) in [6, 6.07) is 6.34. The van der Waals surface area contributed by atoms with Crippen molar-refractivity contribution in [1.82, 2.24) is 4.90 Å². The van der Waals surface area contributed by atoms with Gasteiger partial charge in [-0.05, 0) is 50.4 Å². The van der Waals surface area contributed by atoms with Gasteiger partial charge >= 0.3 is 0 Å². The molecule has 21 heavy (non-hydrogen) atoms. The molecule has 0 radical (unpaired) electrons. The highest BCUT2D eigenvalue weighted by Crippen LogP contribution is 2.30. The van der Waals surface area contributed by atoms with Gasteiger partial charge in [0.15, 0.2) is 0 Å². The number of benzene rings is 1. The monoisotopic (exact) mass is 292 g/mol. The highest BCUT2D eigenvalue weighted by atomic mass is 16.5. The number of piperidine rings is 1. The Kier molecular flexibility index (Phi) is 5.48. The average molecular weight is 292 g/mol. The molecule has 0 aromatic heterocycles. The molecule has 1 aromatic carbocycles. The van der Waals surface area contributed by atoms with E-state index in [0.29, 0.717) is 6.04 Å². The first-order chi connectivity index (χ1) is 10.1. The van der Waals surface area contributed by atoms with Crippen molar-refractivity contribution in [2.75, 3.05) is 27.3 Å². The molecule has 1 aliphatic rings. The molecule has 0 aliphatic carbocycles. The van der Waals surface area contributed by atoms with Crippen LogP contribution in [-0.4, -0.2) is 38.3 Å². The number of hydrogen-bond acceptors (Lipinski definition) is 4. The molecule has 0 saturated carbocycles. The van der Waals surface area contributed by atoms with Crippen molar-refractivity contribution in [3.63, 3.8) is 0 Å². The lowest BCUT2D eigenvalue weighted by molar-refractivity contribution is 0.107. The average Bonchev–Trinajstić information content (AvgIpc) is 2.51. The van der Waals surface area contributed by atoms with E-state index in [1.807, 2.05) is 18.2 Å². The maximum atomic E-state index is 6.46. The van der Waals surface area contributed by atoms with Crippen LogP contribution in [0.25, 0.3) is 0 Å². The van der Waals surface area contributed by atoms with E-state index in [1.54, 1.807) is 14.2 Å². The van der Waals surface area contributed by atoms with E-state index < -0.39 is 0 Å². The molecule has 1 heterocycles. The number of hydrogen-bond donors (Lipinski definition) is 1. The van der Waals surface area contributed by atoms with Crippen LogP contribution in [0.3, 0.4) is 0 Å². The molecule has 4 heteroatoms. The molecule has 0 bridgehead atoms. The van der Waals surface area contributed by atoms with Gasteiger partial charge in [-0.2, -0.15) is 0 Å².